The molecule has 0 aliphatic rings. The van der Waals surface area contributed by atoms with Gasteiger partial charge in [0.25, 0.3) is 0 Å². The van der Waals surface area contributed by atoms with Crippen LogP contribution in [0.2, 0.25) is 0 Å². The molecule has 0 aliphatic heterocycles. The van der Waals surface area contributed by atoms with Gasteiger partial charge < -0.3 is 0 Å². The molecule has 0 rings (SSSR count). The molecule has 4 N–H and O–H groups in total. The van der Waals surface area contributed by atoms with Gasteiger partial charge in [0.1, 0.15) is 0 Å². The number of β-amino-alcohol motifs (C(OH)–C–C–N with tert-alkyl or cyclic N) is 2. The van der Waals surface area contributed by atoms with Gasteiger partial charge in [-0.05, 0) is 0 Å². The minimum absolute atomic E-state index is 0.0563. The summed E-state index contributed by atoms with van der Waals surface area (Å²) in [4.78, 5) is 1.30. The summed E-state index contributed by atoms with van der Waals surface area (Å²) in [5, 5.41) is 38.0. The normalized spacial score (nSPS) is 14.5. The Balaban J connectivity index is 5.37. The van der Waals surface area contributed by atoms with Crippen LogP contribution in [-0.2, 0) is 14.4 Å². The molecule has 0 saturated carbocycles. The predicted octanol–water partition coefficient (Wildman–Crippen LogP) is -2.25. The maximum absolute atomic E-state index is 11.3. The summed E-state index contributed by atoms with van der Waals surface area (Å²) in [7, 11) is -4.33. The number of aliphatic hydroxyl groups is 4. The second kappa shape index (κ2) is 8.91. The van der Waals surface area contributed by atoms with Crippen molar-refractivity contribution < 1.29 is 33.5 Å². The SMILES string of the molecule is CC(C)CC(CO)(CO)N(CCO)CC(O)S(=O)(=O)B=O. The number of aliphatic hydroxyl groups excluding tert-OH is 4. The maximum atomic E-state index is 11.3. The van der Waals surface area contributed by atoms with Gasteiger partial charge in [-0.1, -0.05) is 0 Å². The van der Waals surface area contributed by atoms with Crippen molar-refractivity contribution in [1.82, 2.24) is 4.90 Å². The summed E-state index contributed by atoms with van der Waals surface area (Å²) in [6, 6.07) is 0. The first kappa shape index (κ1) is 20.6. The third-order valence-electron chi connectivity index (χ3n) is 3.31. The molecule has 1 unspecified atom stereocenters. The Bertz CT molecular complexity index is 411. The van der Waals surface area contributed by atoms with E-state index in [1.807, 2.05) is 13.8 Å². The van der Waals surface area contributed by atoms with E-state index in [4.69, 9.17) is 5.11 Å². The fourth-order valence-electron chi connectivity index (χ4n) is 2.27. The molecule has 1 atom stereocenters. The second-order valence-electron chi connectivity index (χ2n) is 5.45. The standard InChI is InChI=1S/C11H24BNO7S/c1-9(2)5-11(7-15,8-16)13(3-4-14)6-10(17)21(19,20)12-18/h9-10,14-17H,3-8H2,1-2H3. The van der Waals surface area contributed by atoms with Gasteiger partial charge in [0, 0.05) is 0 Å². The van der Waals surface area contributed by atoms with Gasteiger partial charge in [-0.15, -0.1) is 0 Å². The van der Waals surface area contributed by atoms with Gasteiger partial charge >= 0.3 is 125 Å². The van der Waals surface area contributed by atoms with Crippen LogP contribution in [0, 0.1) is 5.92 Å². The first-order valence-electron chi connectivity index (χ1n) is 6.64. The molecule has 0 aromatic heterocycles. The summed E-state index contributed by atoms with van der Waals surface area (Å²) in [6.45, 7) is 1.86. The molecule has 10 heteroatoms. The van der Waals surface area contributed by atoms with Crippen molar-refractivity contribution in [2.24, 2.45) is 5.92 Å². The van der Waals surface area contributed by atoms with Crippen LogP contribution in [0.1, 0.15) is 20.3 Å². The Morgan fingerprint density at radius 3 is 2.05 bits per heavy atom. The topological polar surface area (TPSA) is 135 Å². The molecule has 0 spiro atoms. The van der Waals surface area contributed by atoms with Crippen molar-refractivity contribution in [3.8, 4) is 0 Å². The van der Waals surface area contributed by atoms with E-state index in [-0.39, 0.29) is 25.5 Å². The molecular weight excluding hydrogens is 301 g/mol. The van der Waals surface area contributed by atoms with Crippen LogP contribution in [0.15, 0.2) is 0 Å². The number of hydrogen-bond donors (Lipinski definition) is 4. The second-order valence-corrected chi connectivity index (χ2v) is 7.36. The van der Waals surface area contributed by atoms with Crippen LogP contribution < -0.4 is 0 Å². The molecule has 21 heavy (non-hydrogen) atoms. The Morgan fingerprint density at radius 2 is 1.71 bits per heavy atom. The average Bonchev–Trinajstić information content (AvgIpc) is 2.43. The van der Waals surface area contributed by atoms with Crippen LogP contribution in [0.3, 0.4) is 0 Å². The van der Waals surface area contributed by atoms with Crippen molar-refractivity contribution in [3.05, 3.63) is 0 Å². The van der Waals surface area contributed by atoms with Crippen LogP contribution >= 0.6 is 0 Å². The zero-order valence-corrected chi connectivity index (χ0v) is 13.2. The van der Waals surface area contributed by atoms with Gasteiger partial charge in [-0.2, -0.15) is 0 Å². The van der Waals surface area contributed by atoms with Crippen molar-refractivity contribution in [2.75, 3.05) is 32.9 Å². The average molecular weight is 325 g/mol. The number of nitrogens with zero attached hydrogens (tertiary/aromatic N) is 1. The zero-order chi connectivity index (χ0) is 16.7. The molecule has 124 valence electrons. The van der Waals surface area contributed by atoms with Crippen molar-refractivity contribution >= 4 is 16.1 Å². The molecule has 0 fully saturated rings. The van der Waals surface area contributed by atoms with E-state index >= 15 is 0 Å². The first-order valence-corrected chi connectivity index (χ1v) is 8.24. The molecule has 0 aromatic carbocycles. The van der Waals surface area contributed by atoms with E-state index in [1.54, 1.807) is 0 Å². The van der Waals surface area contributed by atoms with Crippen LogP contribution in [0.4, 0.5) is 0 Å². The van der Waals surface area contributed by atoms with E-state index < -0.39 is 40.4 Å². The zero-order valence-electron chi connectivity index (χ0n) is 12.3. The summed E-state index contributed by atoms with van der Waals surface area (Å²) in [5.41, 5.74) is -3.16. The molecule has 0 amide bonds. The summed E-state index contributed by atoms with van der Waals surface area (Å²) < 4.78 is 33.1. The molecular formula is C11H24BNO7S. The number of hydrogen-bond acceptors (Lipinski definition) is 8. The summed E-state index contributed by atoms with van der Waals surface area (Å²) in [6.07, 6.45) is -0.00926. The van der Waals surface area contributed by atoms with Gasteiger partial charge in [0.05, 0.1) is 0 Å². The monoisotopic (exact) mass is 325 g/mol. The Hall–Kier alpha value is -0.385. The molecule has 0 radical (unpaired) electrons. The Labute approximate surface area is 125 Å². The molecule has 0 aliphatic carbocycles. The molecule has 0 heterocycles. The van der Waals surface area contributed by atoms with E-state index in [2.05, 4.69) is 0 Å². The minimum atomic E-state index is -4.33. The fourth-order valence-corrected chi connectivity index (χ4v) is 2.78. The summed E-state index contributed by atoms with van der Waals surface area (Å²) in [5.74, 6) is 0.0744. The van der Waals surface area contributed by atoms with Crippen LogP contribution in [0.25, 0.3) is 0 Å². The van der Waals surface area contributed by atoms with E-state index in [1.165, 1.54) is 4.90 Å². The Morgan fingerprint density at radius 1 is 1.19 bits per heavy atom. The van der Waals surface area contributed by atoms with Crippen molar-refractivity contribution in [1.29, 1.82) is 0 Å². The molecule has 8 nitrogen and oxygen atoms in total. The van der Waals surface area contributed by atoms with E-state index in [9.17, 15) is 28.4 Å². The molecule has 0 saturated heterocycles. The van der Waals surface area contributed by atoms with Gasteiger partial charge in [0.2, 0.25) is 0 Å². The van der Waals surface area contributed by atoms with E-state index in [0.29, 0.717) is 6.42 Å². The third kappa shape index (κ3) is 5.72. The van der Waals surface area contributed by atoms with Gasteiger partial charge in [-0.25, -0.2) is 0 Å². The fraction of sp³-hybridized carbons (Fsp3) is 1.00. The van der Waals surface area contributed by atoms with Gasteiger partial charge in [-0.3, -0.25) is 0 Å². The quantitative estimate of drug-likeness (QED) is 0.313. The summed E-state index contributed by atoms with van der Waals surface area (Å²) >= 11 is 0. The van der Waals surface area contributed by atoms with Crippen molar-refractivity contribution in [3.63, 3.8) is 0 Å². The van der Waals surface area contributed by atoms with E-state index in [0.717, 1.165) is 0 Å². The molecule has 0 bridgehead atoms. The first-order chi connectivity index (χ1) is 9.69. The predicted molar refractivity (Wildman–Crippen MR) is 76.4 cm³/mol. The number of rotatable bonds is 11. The van der Waals surface area contributed by atoms with Gasteiger partial charge in [0.15, 0.2) is 0 Å². The van der Waals surface area contributed by atoms with Crippen LogP contribution in [-0.4, -0.2) is 84.1 Å². The molecule has 0 aromatic rings. The third-order valence-corrected chi connectivity index (χ3v) is 4.48. The Kier molecular flexibility index (Phi) is 8.75. The van der Waals surface area contributed by atoms with Crippen molar-refractivity contribution in [2.45, 2.75) is 31.2 Å². The van der Waals surface area contributed by atoms with Crippen LogP contribution in [0.5, 0.6) is 0 Å².